The van der Waals surface area contributed by atoms with Gasteiger partial charge in [0.15, 0.2) is 12.2 Å². The fourth-order valence-corrected chi connectivity index (χ4v) is 13.0. The van der Waals surface area contributed by atoms with E-state index in [0.29, 0.717) is 31.6 Å². The van der Waals surface area contributed by atoms with Gasteiger partial charge in [0.25, 0.3) is 0 Å². The van der Waals surface area contributed by atoms with Crippen molar-refractivity contribution in [2.75, 3.05) is 39.6 Å². The lowest BCUT2D eigenvalue weighted by atomic mass is 10.0. The molecule has 0 aromatic carbocycles. The van der Waals surface area contributed by atoms with Crippen molar-refractivity contribution in [3.8, 4) is 0 Å². The third kappa shape index (κ3) is 68.6. The van der Waals surface area contributed by atoms with Crippen LogP contribution in [0.15, 0.2) is 0 Å². The fourth-order valence-electron chi connectivity index (χ4n) is 11.4. The molecule has 2 unspecified atom stereocenters. The second-order valence-corrected chi connectivity index (χ2v) is 31.9. The molecule has 19 heteroatoms. The Morgan fingerprint density at radius 1 is 0.266 bits per heavy atom. The number of phosphoric ester groups is 2. The van der Waals surface area contributed by atoms with E-state index >= 15 is 0 Å². The molecule has 3 N–H and O–H groups in total. The Morgan fingerprint density at radius 3 is 0.660 bits per heavy atom. The molecule has 0 rings (SSSR count). The highest BCUT2D eigenvalue weighted by atomic mass is 31.2. The first-order chi connectivity index (χ1) is 45.1. The minimum absolute atomic E-state index is 0.103. The maximum atomic E-state index is 13.1. The van der Waals surface area contributed by atoms with Crippen molar-refractivity contribution in [2.45, 2.75) is 395 Å². The molecule has 0 aliphatic carbocycles. The predicted molar refractivity (Wildman–Crippen MR) is 381 cm³/mol. The number of carbonyl (C=O) groups is 4. The average Bonchev–Trinajstić information content (AvgIpc) is 3.20. The molecule has 0 saturated carbocycles. The summed E-state index contributed by atoms with van der Waals surface area (Å²) in [7, 11) is -9.91. The molecule has 558 valence electrons. The number of ether oxygens (including phenoxy) is 4. The molecule has 0 aromatic rings. The van der Waals surface area contributed by atoms with Crippen molar-refractivity contribution in [3.63, 3.8) is 0 Å². The van der Waals surface area contributed by atoms with Crippen LogP contribution >= 0.6 is 15.6 Å². The van der Waals surface area contributed by atoms with Gasteiger partial charge in [-0.3, -0.25) is 37.3 Å². The van der Waals surface area contributed by atoms with Crippen LogP contribution in [-0.4, -0.2) is 96.7 Å². The van der Waals surface area contributed by atoms with Crippen LogP contribution in [0.2, 0.25) is 0 Å². The van der Waals surface area contributed by atoms with Crippen LogP contribution in [0.5, 0.6) is 0 Å². The third-order valence-corrected chi connectivity index (χ3v) is 19.2. The molecule has 0 aromatic heterocycles. The van der Waals surface area contributed by atoms with Crippen LogP contribution in [0.1, 0.15) is 376 Å². The number of aliphatic hydroxyl groups is 1. The van der Waals surface area contributed by atoms with Crippen LogP contribution in [0.25, 0.3) is 0 Å². The maximum Gasteiger partial charge on any atom is 0.472 e. The number of phosphoric acid groups is 2. The van der Waals surface area contributed by atoms with Gasteiger partial charge in [0.1, 0.15) is 19.3 Å². The maximum absolute atomic E-state index is 13.1. The predicted octanol–water partition coefficient (Wildman–Crippen LogP) is 21.7. The van der Waals surface area contributed by atoms with Crippen LogP contribution in [-0.2, 0) is 65.4 Å². The Kier molecular flexibility index (Phi) is 63.1. The van der Waals surface area contributed by atoms with Crippen LogP contribution in [0, 0.1) is 23.7 Å². The molecule has 0 bridgehead atoms. The van der Waals surface area contributed by atoms with Gasteiger partial charge >= 0.3 is 39.5 Å². The normalized spacial score (nSPS) is 14.2. The van der Waals surface area contributed by atoms with Crippen molar-refractivity contribution >= 4 is 39.5 Å². The lowest BCUT2D eigenvalue weighted by molar-refractivity contribution is -0.161. The second-order valence-electron chi connectivity index (χ2n) is 28.9. The van der Waals surface area contributed by atoms with Crippen molar-refractivity contribution in [1.82, 2.24) is 0 Å². The van der Waals surface area contributed by atoms with E-state index in [0.717, 1.165) is 114 Å². The molecule has 0 saturated heterocycles. The summed E-state index contributed by atoms with van der Waals surface area (Å²) < 4.78 is 68.4. The van der Waals surface area contributed by atoms with E-state index in [9.17, 15) is 43.2 Å². The quantitative estimate of drug-likeness (QED) is 0.0222. The van der Waals surface area contributed by atoms with E-state index in [2.05, 4.69) is 55.4 Å². The minimum Gasteiger partial charge on any atom is -0.462 e. The van der Waals surface area contributed by atoms with Crippen molar-refractivity contribution in [1.29, 1.82) is 0 Å². The summed E-state index contributed by atoms with van der Waals surface area (Å²) in [6, 6.07) is 0. The zero-order valence-electron chi connectivity index (χ0n) is 61.6. The largest absolute Gasteiger partial charge is 0.472 e. The SMILES string of the molecule is CC(C)CCCCCCCCCCCCCCCCCCC(=O)OC[C@H](COP(=O)(O)OC[C@@H](O)COP(=O)(O)OC[C@@H](COC(=O)CCCCCCCCC(C)C)OC(=O)CCCCCCCCCCC(C)C)OC(=O)CCCCCCCCCCCCCCC(C)C. The molecule has 0 spiro atoms. The van der Waals surface area contributed by atoms with Crippen molar-refractivity contribution in [3.05, 3.63) is 0 Å². The summed E-state index contributed by atoms with van der Waals surface area (Å²) in [5.41, 5.74) is 0. The van der Waals surface area contributed by atoms with Gasteiger partial charge < -0.3 is 33.8 Å². The fraction of sp³-hybridized carbons (Fsp3) is 0.947. The van der Waals surface area contributed by atoms with E-state index < -0.39 is 97.5 Å². The molecule has 5 atom stereocenters. The number of rotatable bonds is 72. The molecule has 94 heavy (non-hydrogen) atoms. The van der Waals surface area contributed by atoms with Gasteiger partial charge in [-0.1, -0.05) is 325 Å². The molecule has 0 fully saturated rings. The average molecular weight is 1380 g/mol. The third-order valence-electron chi connectivity index (χ3n) is 17.3. The van der Waals surface area contributed by atoms with Gasteiger partial charge in [0.05, 0.1) is 26.4 Å². The summed E-state index contributed by atoms with van der Waals surface area (Å²) in [6.07, 6.45) is 48.8. The Morgan fingerprint density at radius 2 is 0.447 bits per heavy atom. The Hall–Kier alpha value is -1.94. The van der Waals surface area contributed by atoms with Gasteiger partial charge in [-0.25, -0.2) is 9.13 Å². The smallest absolute Gasteiger partial charge is 0.462 e. The summed E-state index contributed by atoms with van der Waals surface area (Å²) in [5, 5.41) is 10.6. The molecular formula is C75H146O17P2. The summed E-state index contributed by atoms with van der Waals surface area (Å²) in [5.74, 6) is 0.861. The van der Waals surface area contributed by atoms with E-state index in [1.165, 1.54) is 173 Å². The van der Waals surface area contributed by atoms with Crippen LogP contribution in [0.4, 0.5) is 0 Å². The highest BCUT2D eigenvalue weighted by Gasteiger charge is 2.30. The zero-order chi connectivity index (χ0) is 69.6. The zero-order valence-corrected chi connectivity index (χ0v) is 63.4. The first-order valence-electron chi connectivity index (χ1n) is 38.7. The van der Waals surface area contributed by atoms with Gasteiger partial charge in [0, 0.05) is 25.7 Å². The monoisotopic (exact) mass is 1380 g/mol. The molecule has 0 amide bonds. The van der Waals surface area contributed by atoms with E-state index in [-0.39, 0.29) is 25.7 Å². The topological polar surface area (TPSA) is 237 Å². The van der Waals surface area contributed by atoms with Gasteiger partial charge in [-0.15, -0.1) is 0 Å². The number of carbonyl (C=O) groups excluding carboxylic acids is 4. The number of hydrogen-bond acceptors (Lipinski definition) is 15. The molecule has 0 aliphatic rings. The van der Waals surface area contributed by atoms with Crippen molar-refractivity contribution < 1.29 is 80.2 Å². The van der Waals surface area contributed by atoms with E-state index in [4.69, 9.17) is 37.0 Å². The van der Waals surface area contributed by atoms with Crippen LogP contribution in [0.3, 0.4) is 0 Å². The lowest BCUT2D eigenvalue weighted by Gasteiger charge is -2.21. The molecule has 0 aliphatic heterocycles. The highest BCUT2D eigenvalue weighted by Crippen LogP contribution is 2.45. The Balaban J connectivity index is 5.21. The molecule has 0 heterocycles. The minimum atomic E-state index is -4.96. The Labute approximate surface area is 575 Å². The second kappa shape index (κ2) is 64.4. The van der Waals surface area contributed by atoms with Crippen LogP contribution < -0.4 is 0 Å². The van der Waals surface area contributed by atoms with E-state index in [1.807, 2.05) is 0 Å². The molecule has 0 radical (unpaired) electrons. The summed E-state index contributed by atoms with van der Waals surface area (Å²) >= 11 is 0. The lowest BCUT2D eigenvalue weighted by Crippen LogP contribution is -2.30. The van der Waals surface area contributed by atoms with Gasteiger partial charge in [-0.2, -0.15) is 0 Å². The van der Waals surface area contributed by atoms with E-state index in [1.54, 1.807) is 0 Å². The van der Waals surface area contributed by atoms with Gasteiger partial charge in [0.2, 0.25) is 0 Å². The Bertz CT molecular complexity index is 1850. The number of aliphatic hydroxyl groups excluding tert-OH is 1. The highest BCUT2D eigenvalue weighted by molar-refractivity contribution is 7.47. The van der Waals surface area contributed by atoms with Crippen molar-refractivity contribution in [2.24, 2.45) is 23.7 Å². The number of esters is 4. The number of hydrogen-bond donors (Lipinski definition) is 3. The standard InChI is InChI=1S/C75H146O17P2/c1-65(2)51-43-35-27-21-17-13-11-9-10-12-14-19-23-30-39-47-55-72(77)85-61-70(91-74(79)57-49-41-31-24-20-16-15-18-22-28-36-44-52-66(3)4)63-89-93(81,82)87-59-69(76)60-88-94(83,84)90-64-71(62-86-73(78)56-48-40-34-33-38-46-54-68(7)8)92-75(80)58-50-42-32-26-25-29-37-45-53-67(5)6/h65-71,76H,9-64H2,1-8H3,(H,81,82)(H,83,84)/t69-,70-,71-/m1/s1. The summed E-state index contributed by atoms with van der Waals surface area (Å²) in [6.45, 7) is 14.1. The first kappa shape index (κ1) is 92.1. The molecule has 17 nitrogen and oxygen atoms in total. The molecular weight excluding hydrogens is 1230 g/mol. The summed E-state index contributed by atoms with van der Waals surface area (Å²) in [4.78, 5) is 72.7. The van der Waals surface area contributed by atoms with Gasteiger partial charge in [-0.05, 0) is 49.4 Å². The first-order valence-corrected chi connectivity index (χ1v) is 41.7. The number of unbranched alkanes of at least 4 members (excludes halogenated alkanes) is 38.